The predicted molar refractivity (Wildman–Crippen MR) is 111 cm³/mol. The average Bonchev–Trinajstić information content (AvgIpc) is 3.41. The van der Waals surface area contributed by atoms with Gasteiger partial charge >= 0.3 is 0 Å². The Hall–Kier alpha value is -3.60. The molecule has 0 saturated heterocycles. The third-order valence-electron chi connectivity index (χ3n) is 4.58. The molecule has 4 aromatic rings. The largest absolute Gasteiger partial charge is 0.464 e. The summed E-state index contributed by atoms with van der Waals surface area (Å²) in [4.78, 5) is 28.9. The second-order valence-corrected chi connectivity index (χ2v) is 7.86. The van der Waals surface area contributed by atoms with Crippen molar-refractivity contribution >= 4 is 39.1 Å². The number of nitrogens with two attached hydrogens (primary N) is 1. The molecule has 11 heteroatoms. The summed E-state index contributed by atoms with van der Waals surface area (Å²) in [6.45, 7) is 3.52. The van der Waals surface area contributed by atoms with Crippen molar-refractivity contribution in [3.63, 3.8) is 0 Å². The Morgan fingerprint density at radius 1 is 1.32 bits per heavy atom. The number of anilines is 1. The summed E-state index contributed by atoms with van der Waals surface area (Å²) in [6.07, 6.45) is -1.44. The minimum absolute atomic E-state index is 0.00319. The molecule has 0 aromatic carbocycles. The number of carbonyl (C=O) groups is 2. The molecule has 3 N–H and O–H groups in total. The van der Waals surface area contributed by atoms with Crippen molar-refractivity contribution in [1.29, 1.82) is 0 Å². The fraction of sp³-hybridized carbons (Fsp3) is 0.200. The number of aryl methyl sites for hydroxylation is 2. The van der Waals surface area contributed by atoms with E-state index in [1.807, 2.05) is 13.0 Å². The quantitative estimate of drug-likeness (QED) is 0.465. The second-order valence-electron chi connectivity index (χ2n) is 6.86. The lowest BCUT2D eigenvalue weighted by atomic mass is 10.1. The fourth-order valence-corrected chi connectivity index (χ4v) is 4.31. The maximum atomic E-state index is 13.4. The molecule has 0 atom stereocenters. The molecule has 4 heterocycles. The summed E-state index contributed by atoms with van der Waals surface area (Å²) < 4.78 is 33.7. The van der Waals surface area contributed by atoms with E-state index in [4.69, 9.17) is 10.2 Å². The lowest BCUT2D eigenvalue weighted by molar-refractivity contribution is -0.116. The Morgan fingerprint density at radius 3 is 2.68 bits per heavy atom. The number of amides is 2. The van der Waals surface area contributed by atoms with Gasteiger partial charge in [0, 0.05) is 16.6 Å². The molecule has 4 rings (SSSR count). The van der Waals surface area contributed by atoms with Gasteiger partial charge in [0.15, 0.2) is 0 Å². The number of halogens is 2. The highest BCUT2D eigenvalue weighted by Crippen LogP contribution is 2.42. The molecule has 0 aliphatic rings. The topological polar surface area (TPSA) is 116 Å². The van der Waals surface area contributed by atoms with Gasteiger partial charge in [0.05, 0.1) is 17.6 Å². The molecule has 0 unspecified atom stereocenters. The van der Waals surface area contributed by atoms with Crippen molar-refractivity contribution in [2.75, 3.05) is 5.32 Å². The fourth-order valence-electron chi connectivity index (χ4n) is 3.30. The molecule has 2 amide bonds. The lowest BCUT2D eigenvalue weighted by Crippen LogP contribution is -2.22. The number of hydrogen-bond donors (Lipinski definition) is 2. The van der Waals surface area contributed by atoms with E-state index in [9.17, 15) is 18.4 Å². The molecule has 0 fully saturated rings. The Kier molecular flexibility index (Phi) is 5.27. The van der Waals surface area contributed by atoms with Gasteiger partial charge in [-0.3, -0.25) is 14.3 Å². The lowest BCUT2D eigenvalue weighted by Gasteiger charge is -2.10. The highest BCUT2D eigenvalue weighted by atomic mass is 32.1. The van der Waals surface area contributed by atoms with Crippen LogP contribution in [0.2, 0.25) is 0 Å². The molecule has 0 radical (unpaired) electrons. The molecule has 0 bridgehead atoms. The third-order valence-corrected chi connectivity index (χ3v) is 5.68. The van der Waals surface area contributed by atoms with Gasteiger partial charge in [-0.25, -0.2) is 13.8 Å². The van der Waals surface area contributed by atoms with Crippen LogP contribution in [0.15, 0.2) is 34.9 Å². The first-order chi connectivity index (χ1) is 14.7. The Labute approximate surface area is 178 Å². The van der Waals surface area contributed by atoms with Crippen LogP contribution in [-0.4, -0.2) is 26.6 Å². The number of fused-ring (bicyclic) bond motifs is 1. The van der Waals surface area contributed by atoms with E-state index in [1.165, 1.54) is 17.0 Å². The van der Waals surface area contributed by atoms with Gasteiger partial charge in [-0.1, -0.05) is 0 Å². The van der Waals surface area contributed by atoms with E-state index in [0.717, 1.165) is 22.7 Å². The molecule has 31 heavy (non-hydrogen) atoms. The van der Waals surface area contributed by atoms with Crippen LogP contribution in [0.4, 0.5) is 14.5 Å². The first kappa shape index (κ1) is 20.7. The van der Waals surface area contributed by atoms with Crippen molar-refractivity contribution in [3.05, 3.63) is 52.5 Å². The van der Waals surface area contributed by atoms with E-state index >= 15 is 0 Å². The standard InChI is InChI=1S/C20H17F2N5O3S/c1-9-6-10(2)27(26-9)8-14(28)25-16-15-11(13-4-3-5-30-13)7-12(18(21)22)24-20(15)31-17(16)19(23)29/h3-7,18H,8H2,1-2H3,(H2,23,29)(H,25,28). The number of hydrogen-bond acceptors (Lipinski definition) is 6. The van der Waals surface area contributed by atoms with Gasteiger partial charge in [0.1, 0.15) is 27.7 Å². The molecular formula is C20H17F2N5O3S. The van der Waals surface area contributed by atoms with E-state index in [-0.39, 0.29) is 33.3 Å². The number of alkyl halides is 2. The van der Waals surface area contributed by atoms with Gasteiger partial charge in [-0.2, -0.15) is 5.10 Å². The average molecular weight is 445 g/mol. The summed E-state index contributed by atoms with van der Waals surface area (Å²) in [7, 11) is 0. The van der Waals surface area contributed by atoms with Crippen LogP contribution < -0.4 is 11.1 Å². The number of furan rings is 1. The number of aromatic nitrogens is 3. The second kappa shape index (κ2) is 7.91. The number of carbonyl (C=O) groups excluding carboxylic acids is 2. The first-order valence-electron chi connectivity index (χ1n) is 9.14. The Morgan fingerprint density at radius 2 is 2.10 bits per heavy atom. The predicted octanol–water partition coefficient (Wildman–Crippen LogP) is 4.04. The summed E-state index contributed by atoms with van der Waals surface area (Å²) >= 11 is 0.833. The first-order valence-corrected chi connectivity index (χ1v) is 9.96. The SMILES string of the molecule is Cc1cc(C)n(CC(=O)Nc2c(C(N)=O)sc3nc(C(F)F)cc(-c4ccco4)c23)n1. The van der Waals surface area contributed by atoms with E-state index in [1.54, 1.807) is 19.1 Å². The maximum Gasteiger partial charge on any atom is 0.280 e. The number of pyridine rings is 1. The van der Waals surface area contributed by atoms with Crippen LogP contribution in [0, 0.1) is 13.8 Å². The molecule has 0 saturated carbocycles. The smallest absolute Gasteiger partial charge is 0.280 e. The normalized spacial score (nSPS) is 11.4. The summed E-state index contributed by atoms with van der Waals surface area (Å²) in [5.41, 5.74) is 6.96. The van der Waals surface area contributed by atoms with E-state index in [0.29, 0.717) is 5.39 Å². The molecule has 0 aliphatic carbocycles. The van der Waals surface area contributed by atoms with Crippen molar-refractivity contribution in [2.45, 2.75) is 26.8 Å². The zero-order valence-corrected chi connectivity index (χ0v) is 17.3. The zero-order valence-electron chi connectivity index (χ0n) is 16.5. The maximum absolute atomic E-state index is 13.4. The van der Waals surface area contributed by atoms with Crippen LogP contribution in [-0.2, 0) is 11.3 Å². The summed E-state index contributed by atoms with van der Waals surface area (Å²) in [5.74, 6) is -0.984. The van der Waals surface area contributed by atoms with Crippen LogP contribution in [0.5, 0.6) is 0 Å². The molecule has 160 valence electrons. The minimum atomic E-state index is -2.83. The van der Waals surface area contributed by atoms with E-state index < -0.39 is 23.9 Å². The zero-order chi connectivity index (χ0) is 22.3. The Balaban J connectivity index is 1.85. The van der Waals surface area contributed by atoms with Gasteiger partial charge in [0.2, 0.25) is 5.91 Å². The van der Waals surface area contributed by atoms with Crippen LogP contribution in [0.3, 0.4) is 0 Å². The van der Waals surface area contributed by atoms with Gasteiger partial charge in [-0.15, -0.1) is 11.3 Å². The highest BCUT2D eigenvalue weighted by Gasteiger charge is 2.25. The van der Waals surface area contributed by atoms with Gasteiger partial charge in [-0.05, 0) is 38.1 Å². The number of thiophene rings is 1. The van der Waals surface area contributed by atoms with Gasteiger partial charge < -0.3 is 15.5 Å². The highest BCUT2D eigenvalue weighted by molar-refractivity contribution is 7.21. The molecule has 8 nitrogen and oxygen atoms in total. The molecule has 4 aromatic heterocycles. The number of nitrogens with zero attached hydrogens (tertiary/aromatic N) is 3. The molecular weight excluding hydrogens is 428 g/mol. The van der Waals surface area contributed by atoms with Crippen molar-refractivity contribution in [2.24, 2.45) is 5.73 Å². The molecule has 0 aliphatic heterocycles. The van der Waals surface area contributed by atoms with Gasteiger partial charge in [0.25, 0.3) is 12.3 Å². The summed E-state index contributed by atoms with van der Waals surface area (Å²) in [6, 6.07) is 6.20. The van der Waals surface area contributed by atoms with Crippen LogP contribution in [0.25, 0.3) is 21.5 Å². The number of nitrogens with one attached hydrogen (secondary N) is 1. The van der Waals surface area contributed by atoms with Crippen molar-refractivity contribution in [3.8, 4) is 11.3 Å². The third kappa shape index (κ3) is 3.91. The Bertz CT molecular complexity index is 1290. The number of rotatable bonds is 6. The molecule has 0 spiro atoms. The minimum Gasteiger partial charge on any atom is -0.464 e. The van der Waals surface area contributed by atoms with Crippen molar-refractivity contribution < 1.29 is 22.8 Å². The number of primary amides is 1. The van der Waals surface area contributed by atoms with Crippen LogP contribution in [0.1, 0.15) is 33.2 Å². The van der Waals surface area contributed by atoms with E-state index in [2.05, 4.69) is 15.4 Å². The van der Waals surface area contributed by atoms with Crippen molar-refractivity contribution in [1.82, 2.24) is 14.8 Å². The van der Waals surface area contributed by atoms with Crippen LogP contribution >= 0.6 is 11.3 Å². The summed E-state index contributed by atoms with van der Waals surface area (Å²) in [5, 5.41) is 7.24. The monoisotopic (exact) mass is 445 g/mol.